The van der Waals surface area contributed by atoms with Crippen LogP contribution in [0.15, 0.2) is 18.2 Å². The lowest BCUT2D eigenvalue weighted by Gasteiger charge is -2.20. The van der Waals surface area contributed by atoms with E-state index < -0.39 is 29.0 Å². The van der Waals surface area contributed by atoms with E-state index in [4.69, 9.17) is 11.6 Å². The highest BCUT2D eigenvalue weighted by atomic mass is 32.2. The van der Waals surface area contributed by atoms with Crippen LogP contribution in [0.5, 0.6) is 0 Å². The van der Waals surface area contributed by atoms with Gasteiger partial charge in [-0.3, -0.25) is 0 Å². The third-order valence-corrected chi connectivity index (χ3v) is 4.21. The van der Waals surface area contributed by atoms with Crippen molar-refractivity contribution in [3.8, 4) is 12.3 Å². The SMILES string of the molecule is C#C[C@@H](CC(C)[S+](N)[O-])c1cccc(C(F)(F)F)c1C. The molecule has 1 aromatic carbocycles. The van der Waals surface area contributed by atoms with Crippen LogP contribution in [0.2, 0.25) is 0 Å². The third kappa shape index (κ3) is 3.92. The maximum absolute atomic E-state index is 12.9. The summed E-state index contributed by atoms with van der Waals surface area (Å²) < 4.78 is 49.8. The lowest BCUT2D eigenvalue weighted by Crippen LogP contribution is -2.27. The molecule has 0 heterocycles. The standard InChI is InChI=1S/C14H16F3NOS/c1-4-11(8-9(2)20(18)19)12-6-5-7-13(10(12)3)14(15,16)17/h1,5-7,9,11H,8,18H2,2-3H3/t9?,11-,20?/m0/s1. The first-order valence-corrected chi connectivity index (χ1v) is 7.24. The van der Waals surface area contributed by atoms with Gasteiger partial charge in [0.1, 0.15) is 5.25 Å². The van der Waals surface area contributed by atoms with Gasteiger partial charge in [0, 0.05) is 17.8 Å². The number of nitrogens with two attached hydrogens (primary N) is 1. The molecule has 6 heteroatoms. The molecule has 0 saturated carbocycles. The topological polar surface area (TPSA) is 49.1 Å². The summed E-state index contributed by atoms with van der Waals surface area (Å²) in [5.74, 6) is 1.92. The number of rotatable bonds is 4. The second-order valence-corrected chi connectivity index (χ2v) is 6.07. The molecule has 0 amide bonds. The van der Waals surface area contributed by atoms with Crippen LogP contribution in [0.4, 0.5) is 13.2 Å². The van der Waals surface area contributed by atoms with Crippen LogP contribution in [0, 0.1) is 19.3 Å². The molecule has 1 aromatic rings. The fourth-order valence-corrected chi connectivity index (χ4v) is 2.43. The molecule has 0 aromatic heterocycles. The van der Waals surface area contributed by atoms with Crippen LogP contribution in [0.1, 0.15) is 36.0 Å². The highest BCUT2D eigenvalue weighted by Crippen LogP contribution is 2.36. The smallest absolute Gasteiger partial charge is 0.416 e. The average molecular weight is 303 g/mol. The Kier molecular flexibility index (Phi) is 5.51. The van der Waals surface area contributed by atoms with Crippen molar-refractivity contribution in [3.05, 3.63) is 34.9 Å². The van der Waals surface area contributed by atoms with Gasteiger partial charge in [-0.15, -0.1) is 6.42 Å². The van der Waals surface area contributed by atoms with Crippen LogP contribution >= 0.6 is 0 Å². The van der Waals surface area contributed by atoms with Gasteiger partial charge in [0.25, 0.3) is 0 Å². The van der Waals surface area contributed by atoms with Crippen LogP contribution in [0.3, 0.4) is 0 Å². The Bertz CT molecular complexity index is 508. The van der Waals surface area contributed by atoms with Crippen molar-refractivity contribution in [2.45, 2.75) is 37.6 Å². The minimum absolute atomic E-state index is 0.109. The van der Waals surface area contributed by atoms with Gasteiger partial charge in [-0.05, 0) is 31.0 Å². The minimum Gasteiger partial charge on any atom is -0.598 e. The fourth-order valence-electron chi connectivity index (χ4n) is 2.05. The number of alkyl halides is 3. The van der Waals surface area contributed by atoms with Gasteiger partial charge in [0.15, 0.2) is 0 Å². The normalized spacial score (nSPS) is 16.3. The summed E-state index contributed by atoms with van der Waals surface area (Å²) in [6.07, 6.45) is 1.27. The molecule has 0 aliphatic rings. The van der Waals surface area contributed by atoms with Crippen molar-refractivity contribution < 1.29 is 17.7 Å². The molecule has 20 heavy (non-hydrogen) atoms. The van der Waals surface area contributed by atoms with Crippen molar-refractivity contribution in [1.29, 1.82) is 0 Å². The second-order valence-electron chi connectivity index (χ2n) is 4.61. The van der Waals surface area contributed by atoms with E-state index in [-0.39, 0.29) is 17.2 Å². The largest absolute Gasteiger partial charge is 0.598 e. The Labute approximate surface area is 119 Å². The van der Waals surface area contributed by atoms with E-state index >= 15 is 0 Å². The molecule has 110 valence electrons. The van der Waals surface area contributed by atoms with Gasteiger partial charge in [-0.1, -0.05) is 18.1 Å². The maximum atomic E-state index is 12.9. The highest BCUT2D eigenvalue weighted by Gasteiger charge is 2.34. The molecule has 0 saturated heterocycles. The van der Waals surface area contributed by atoms with Gasteiger partial charge in [0.2, 0.25) is 0 Å². The first kappa shape index (κ1) is 16.9. The Balaban J connectivity index is 3.15. The van der Waals surface area contributed by atoms with Crippen LogP contribution in [-0.4, -0.2) is 9.80 Å². The Morgan fingerprint density at radius 3 is 2.50 bits per heavy atom. The zero-order valence-corrected chi connectivity index (χ0v) is 12.0. The third-order valence-electron chi connectivity index (χ3n) is 3.22. The molecule has 2 N–H and O–H groups in total. The van der Waals surface area contributed by atoms with Crippen molar-refractivity contribution in [3.63, 3.8) is 0 Å². The molecular weight excluding hydrogens is 287 g/mol. The number of benzene rings is 1. The molecule has 0 aliphatic carbocycles. The number of halogens is 3. The summed E-state index contributed by atoms with van der Waals surface area (Å²) in [6, 6.07) is 3.93. The molecule has 1 rings (SSSR count). The molecule has 0 aliphatic heterocycles. The molecule has 2 unspecified atom stereocenters. The van der Waals surface area contributed by atoms with E-state index in [1.807, 2.05) is 0 Å². The fraction of sp³-hybridized carbons (Fsp3) is 0.429. The molecule has 3 atom stereocenters. The number of hydrogen-bond donors (Lipinski definition) is 1. The molecule has 0 radical (unpaired) electrons. The van der Waals surface area contributed by atoms with E-state index in [9.17, 15) is 17.7 Å². The van der Waals surface area contributed by atoms with Crippen LogP contribution < -0.4 is 5.14 Å². The minimum atomic E-state index is -4.42. The van der Waals surface area contributed by atoms with Crippen molar-refractivity contribution in [2.24, 2.45) is 5.14 Å². The van der Waals surface area contributed by atoms with Gasteiger partial charge in [-0.2, -0.15) is 18.3 Å². The zero-order chi connectivity index (χ0) is 15.5. The lowest BCUT2D eigenvalue weighted by molar-refractivity contribution is -0.138. The molecule has 2 nitrogen and oxygen atoms in total. The Hall–Kier alpha value is -1.16. The monoisotopic (exact) mass is 303 g/mol. The maximum Gasteiger partial charge on any atom is 0.416 e. The summed E-state index contributed by atoms with van der Waals surface area (Å²) in [4.78, 5) is 0. The summed E-state index contributed by atoms with van der Waals surface area (Å²) in [5, 5.41) is 4.89. The number of terminal acetylenes is 1. The summed E-state index contributed by atoms with van der Waals surface area (Å²) >= 11 is -1.55. The van der Waals surface area contributed by atoms with Crippen molar-refractivity contribution in [2.75, 3.05) is 0 Å². The van der Waals surface area contributed by atoms with E-state index in [2.05, 4.69) is 5.92 Å². The Morgan fingerprint density at radius 2 is 2.05 bits per heavy atom. The van der Waals surface area contributed by atoms with E-state index in [0.29, 0.717) is 5.56 Å². The van der Waals surface area contributed by atoms with E-state index in [1.165, 1.54) is 13.0 Å². The molecule has 0 bridgehead atoms. The van der Waals surface area contributed by atoms with Crippen molar-refractivity contribution >= 4 is 11.4 Å². The Morgan fingerprint density at radius 1 is 1.45 bits per heavy atom. The van der Waals surface area contributed by atoms with E-state index in [1.54, 1.807) is 13.0 Å². The highest BCUT2D eigenvalue weighted by molar-refractivity contribution is 7.89. The second kappa shape index (κ2) is 6.53. The lowest BCUT2D eigenvalue weighted by atomic mass is 9.89. The molecule has 0 spiro atoms. The van der Waals surface area contributed by atoms with Crippen molar-refractivity contribution in [1.82, 2.24) is 0 Å². The van der Waals surface area contributed by atoms with Crippen LogP contribution in [-0.2, 0) is 17.5 Å². The quantitative estimate of drug-likeness (QED) is 0.686. The average Bonchev–Trinajstić information content (AvgIpc) is 2.34. The molecule has 0 fully saturated rings. The van der Waals surface area contributed by atoms with Gasteiger partial charge < -0.3 is 4.55 Å². The van der Waals surface area contributed by atoms with Gasteiger partial charge in [0.05, 0.1) is 11.5 Å². The van der Waals surface area contributed by atoms with Gasteiger partial charge in [-0.25, -0.2) is 0 Å². The van der Waals surface area contributed by atoms with Crippen LogP contribution in [0.25, 0.3) is 0 Å². The first-order chi connectivity index (χ1) is 9.18. The molecular formula is C14H16F3NOS. The predicted molar refractivity (Wildman–Crippen MR) is 74.2 cm³/mol. The summed E-state index contributed by atoms with van der Waals surface area (Å²) in [5.41, 5.74) is -0.158. The predicted octanol–water partition coefficient (Wildman–Crippen LogP) is 3.13. The zero-order valence-electron chi connectivity index (χ0n) is 11.2. The summed E-state index contributed by atoms with van der Waals surface area (Å²) in [7, 11) is 0. The van der Waals surface area contributed by atoms with E-state index in [0.717, 1.165) is 6.07 Å². The number of hydrogen-bond acceptors (Lipinski definition) is 2. The summed E-state index contributed by atoms with van der Waals surface area (Å²) in [6.45, 7) is 3.05. The van der Waals surface area contributed by atoms with Gasteiger partial charge >= 0.3 is 6.18 Å². The first-order valence-electron chi connectivity index (χ1n) is 5.96.